The molecular formula is C37H30N2O4S. The van der Waals surface area contributed by atoms with Crippen LogP contribution >= 0.6 is 11.8 Å². The quantitative estimate of drug-likeness (QED) is 0.0876. The third-order valence-electron chi connectivity index (χ3n) is 6.55. The van der Waals surface area contributed by atoms with Crippen LogP contribution in [-0.2, 0) is 11.4 Å². The van der Waals surface area contributed by atoms with Crippen LogP contribution in [0, 0.1) is 0 Å². The summed E-state index contributed by atoms with van der Waals surface area (Å²) >= 11 is 1.43. The van der Waals surface area contributed by atoms with Crippen LogP contribution in [0.1, 0.15) is 31.8 Å². The lowest BCUT2D eigenvalue weighted by Gasteiger charge is -2.12. The summed E-state index contributed by atoms with van der Waals surface area (Å²) in [6, 6.07) is 42.3. The van der Waals surface area contributed by atoms with Gasteiger partial charge in [-0.2, -0.15) is 0 Å². The zero-order valence-electron chi connectivity index (χ0n) is 23.8. The molecule has 5 aromatic carbocycles. The van der Waals surface area contributed by atoms with E-state index in [9.17, 15) is 14.4 Å². The molecule has 5 rings (SSSR count). The second-order valence-electron chi connectivity index (χ2n) is 9.78. The Kier molecular flexibility index (Phi) is 10.4. The molecule has 7 heteroatoms. The molecule has 218 valence electrons. The summed E-state index contributed by atoms with van der Waals surface area (Å²) in [6.45, 7) is 0.442. The topological polar surface area (TPSA) is 84.5 Å². The molecule has 0 aliphatic heterocycles. The van der Waals surface area contributed by atoms with Crippen LogP contribution < -0.4 is 15.4 Å². The molecule has 44 heavy (non-hydrogen) atoms. The fraction of sp³-hybridized carbons (Fsp3) is 0.0541. The molecule has 2 amide bonds. The molecule has 0 unspecified atom stereocenters. The van der Waals surface area contributed by atoms with E-state index in [1.54, 1.807) is 54.6 Å². The monoisotopic (exact) mass is 598 g/mol. The minimum absolute atomic E-state index is 0.0488. The van der Waals surface area contributed by atoms with Gasteiger partial charge in [-0.15, -0.1) is 11.8 Å². The van der Waals surface area contributed by atoms with Crippen molar-refractivity contribution in [3.05, 3.63) is 167 Å². The Labute approximate surface area is 260 Å². The van der Waals surface area contributed by atoms with Crippen LogP contribution in [0.25, 0.3) is 6.08 Å². The predicted octanol–water partition coefficient (Wildman–Crippen LogP) is 7.65. The Morgan fingerprint density at radius 3 is 1.89 bits per heavy atom. The highest BCUT2D eigenvalue weighted by Gasteiger charge is 2.15. The summed E-state index contributed by atoms with van der Waals surface area (Å²) in [4.78, 5) is 39.7. The van der Waals surface area contributed by atoms with Crippen LogP contribution in [0.2, 0.25) is 0 Å². The summed E-state index contributed by atoms with van der Waals surface area (Å²) in [7, 11) is 0. The number of hydrogen-bond acceptors (Lipinski definition) is 5. The minimum Gasteiger partial charge on any atom is -0.489 e. The van der Waals surface area contributed by atoms with E-state index in [4.69, 9.17) is 4.74 Å². The van der Waals surface area contributed by atoms with Crippen molar-refractivity contribution in [2.24, 2.45) is 0 Å². The van der Waals surface area contributed by atoms with Crippen LogP contribution in [0.3, 0.4) is 0 Å². The highest BCUT2D eigenvalue weighted by molar-refractivity contribution is 8.00. The molecule has 0 aliphatic carbocycles. The average Bonchev–Trinajstić information content (AvgIpc) is 3.08. The average molecular weight is 599 g/mol. The number of ketones is 1. The first-order valence-corrected chi connectivity index (χ1v) is 15.0. The fourth-order valence-corrected chi connectivity index (χ4v) is 4.99. The fourth-order valence-electron chi connectivity index (χ4n) is 4.20. The lowest BCUT2D eigenvalue weighted by atomic mass is 10.1. The second kappa shape index (κ2) is 15.2. The summed E-state index contributed by atoms with van der Waals surface area (Å²) < 4.78 is 5.87. The van der Waals surface area contributed by atoms with Gasteiger partial charge in [0.2, 0.25) is 0 Å². The van der Waals surface area contributed by atoms with E-state index in [1.165, 1.54) is 11.8 Å². The number of rotatable bonds is 12. The van der Waals surface area contributed by atoms with Crippen LogP contribution in [0.5, 0.6) is 5.75 Å². The van der Waals surface area contributed by atoms with E-state index in [2.05, 4.69) is 10.6 Å². The Balaban J connectivity index is 1.26. The first-order valence-electron chi connectivity index (χ1n) is 14.0. The smallest absolute Gasteiger partial charge is 0.272 e. The maximum Gasteiger partial charge on any atom is 0.272 e. The molecule has 0 radical (unpaired) electrons. The number of amides is 2. The number of hydrogen-bond donors (Lipinski definition) is 2. The van der Waals surface area contributed by atoms with Crippen LogP contribution in [0.4, 0.5) is 5.69 Å². The highest BCUT2D eigenvalue weighted by Crippen LogP contribution is 2.22. The molecular weight excluding hydrogens is 568 g/mol. The lowest BCUT2D eigenvalue weighted by Crippen LogP contribution is -2.30. The number of benzene rings is 5. The predicted molar refractivity (Wildman–Crippen MR) is 176 cm³/mol. The number of Topliss-reactive ketones (excluding diaryl/α,β-unsaturated/α-hetero) is 1. The third kappa shape index (κ3) is 8.80. The van der Waals surface area contributed by atoms with Gasteiger partial charge in [0.15, 0.2) is 5.78 Å². The van der Waals surface area contributed by atoms with Gasteiger partial charge in [0, 0.05) is 21.7 Å². The van der Waals surface area contributed by atoms with Crippen molar-refractivity contribution in [1.82, 2.24) is 5.32 Å². The Hall–Kier alpha value is -5.40. The van der Waals surface area contributed by atoms with Gasteiger partial charge in [0.1, 0.15) is 18.1 Å². The van der Waals surface area contributed by atoms with E-state index in [-0.39, 0.29) is 11.5 Å². The number of carbonyl (C=O) groups is 3. The number of ether oxygens (including phenoxy) is 1. The zero-order valence-corrected chi connectivity index (χ0v) is 24.6. The summed E-state index contributed by atoms with van der Waals surface area (Å²) in [6.07, 6.45) is 1.62. The van der Waals surface area contributed by atoms with E-state index < -0.39 is 11.8 Å². The SMILES string of the molecule is O=C(Nc1ccc(SCC(=O)c2ccccc2)cc1)/C(=C/c1ccc(OCc2ccccc2)cc1)NC(=O)c1ccccc1. The van der Waals surface area contributed by atoms with Gasteiger partial charge in [-0.25, -0.2) is 0 Å². The Morgan fingerprint density at radius 1 is 0.659 bits per heavy atom. The molecule has 0 saturated heterocycles. The summed E-state index contributed by atoms with van der Waals surface area (Å²) in [5.41, 5.74) is 3.52. The van der Waals surface area contributed by atoms with Gasteiger partial charge in [-0.1, -0.05) is 91.0 Å². The van der Waals surface area contributed by atoms with Crippen molar-refractivity contribution in [2.75, 3.05) is 11.1 Å². The zero-order chi connectivity index (χ0) is 30.6. The summed E-state index contributed by atoms with van der Waals surface area (Å²) in [5.74, 6) is 0.175. The molecule has 0 aromatic heterocycles. The van der Waals surface area contributed by atoms with Gasteiger partial charge in [0.05, 0.1) is 5.75 Å². The van der Waals surface area contributed by atoms with Crippen molar-refractivity contribution in [1.29, 1.82) is 0 Å². The molecule has 0 aliphatic rings. The van der Waals surface area contributed by atoms with E-state index >= 15 is 0 Å². The first-order chi connectivity index (χ1) is 21.5. The van der Waals surface area contributed by atoms with Crippen molar-refractivity contribution in [3.8, 4) is 5.75 Å². The molecule has 6 nitrogen and oxygen atoms in total. The molecule has 0 saturated carbocycles. The van der Waals surface area contributed by atoms with Crippen molar-refractivity contribution >= 4 is 41.1 Å². The minimum atomic E-state index is -0.474. The van der Waals surface area contributed by atoms with Gasteiger partial charge in [-0.05, 0) is 65.7 Å². The van der Waals surface area contributed by atoms with E-state index in [0.717, 1.165) is 10.5 Å². The number of anilines is 1. The molecule has 0 atom stereocenters. The molecule has 2 N–H and O–H groups in total. The van der Waals surface area contributed by atoms with Gasteiger partial charge in [-0.3, -0.25) is 14.4 Å². The normalized spacial score (nSPS) is 11.0. The van der Waals surface area contributed by atoms with E-state index in [1.807, 2.05) is 91.0 Å². The van der Waals surface area contributed by atoms with E-state index in [0.29, 0.717) is 40.5 Å². The molecule has 0 bridgehead atoms. The number of thioether (sulfide) groups is 1. The molecule has 5 aromatic rings. The largest absolute Gasteiger partial charge is 0.489 e. The maximum absolute atomic E-state index is 13.4. The number of carbonyl (C=O) groups excluding carboxylic acids is 3. The second-order valence-corrected chi connectivity index (χ2v) is 10.8. The van der Waals surface area contributed by atoms with Gasteiger partial charge in [0.25, 0.3) is 11.8 Å². The lowest BCUT2D eigenvalue weighted by molar-refractivity contribution is -0.113. The van der Waals surface area contributed by atoms with Gasteiger partial charge < -0.3 is 15.4 Å². The van der Waals surface area contributed by atoms with Crippen LogP contribution in [-0.4, -0.2) is 23.4 Å². The third-order valence-corrected chi connectivity index (χ3v) is 7.56. The summed E-state index contributed by atoms with van der Waals surface area (Å²) in [5, 5.41) is 5.62. The van der Waals surface area contributed by atoms with Crippen molar-refractivity contribution < 1.29 is 19.1 Å². The van der Waals surface area contributed by atoms with Crippen molar-refractivity contribution in [3.63, 3.8) is 0 Å². The molecule has 0 fully saturated rings. The van der Waals surface area contributed by atoms with Crippen LogP contribution in [0.15, 0.2) is 150 Å². The maximum atomic E-state index is 13.4. The molecule has 0 spiro atoms. The first kappa shape index (κ1) is 30.1. The highest BCUT2D eigenvalue weighted by atomic mass is 32.2. The Bertz CT molecular complexity index is 1720. The number of nitrogens with one attached hydrogen (secondary N) is 2. The Morgan fingerprint density at radius 2 is 1.25 bits per heavy atom. The molecule has 0 heterocycles. The van der Waals surface area contributed by atoms with Gasteiger partial charge >= 0.3 is 0 Å². The van der Waals surface area contributed by atoms with Crippen molar-refractivity contribution in [2.45, 2.75) is 11.5 Å². The standard InChI is InChI=1S/C37H30N2O4S/c40-35(29-12-6-2-7-13-29)26-44-33-22-18-31(19-23-33)38-37(42)34(39-36(41)30-14-8-3-9-15-30)24-27-16-20-32(21-17-27)43-25-28-10-4-1-5-11-28/h1-24H,25-26H2,(H,38,42)(H,39,41)/b34-24-.